The van der Waals surface area contributed by atoms with Crippen LogP contribution in [0.2, 0.25) is 0 Å². The van der Waals surface area contributed by atoms with Gasteiger partial charge in [-0.3, -0.25) is 0 Å². The van der Waals surface area contributed by atoms with Crippen LogP contribution in [-0.2, 0) is 0 Å². The van der Waals surface area contributed by atoms with Gasteiger partial charge < -0.3 is 5.11 Å². The Bertz CT molecular complexity index is 146. The van der Waals surface area contributed by atoms with Gasteiger partial charge in [0.15, 0.2) is 0 Å². The summed E-state index contributed by atoms with van der Waals surface area (Å²) in [6.07, 6.45) is 7.63. The first-order valence-corrected chi connectivity index (χ1v) is 4.87. The van der Waals surface area contributed by atoms with Crippen LogP contribution in [0.15, 0.2) is 23.3 Å². The third kappa shape index (κ3) is 3.22. The number of aliphatic hydroxyl groups is 1. The number of aliphatic hydroxyl groups excluding tert-OH is 1. The minimum atomic E-state index is 0.191. The van der Waals surface area contributed by atoms with Gasteiger partial charge in [0, 0.05) is 0 Å². The summed E-state index contributed by atoms with van der Waals surface area (Å²) < 4.78 is 0. The quantitative estimate of drug-likeness (QED) is 0.672. The highest BCUT2D eigenvalue weighted by Gasteiger charge is 2.13. The monoisotopic (exact) mass is 168 g/mol. The second-order valence-electron chi connectivity index (χ2n) is 2.55. The zero-order chi connectivity index (χ0) is 9.40. The van der Waals surface area contributed by atoms with Crippen LogP contribution in [0.3, 0.4) is 0 Å². The van der Waals surface area contributed by atoms with Gasteiger partial charge in [0.25, 0.3) is 0 Å². The van der Waals surface area contributed by atoms with E-state index >= 15 is 0 Å². The fraction of sp³-hybridized carbons (Fsp3) is 0.636. The molecule has 1 aliphatic rings. The van der Waals surface area contributed by atoms with E-state index in [9.17, 15) is 0 Å². The van der Waals surface area contributed by atoms with Crippen molar-refractivity contribution in [1.29, 1.82) is 0 Å². The molecular formula is C11H20O. The third-order valence-corrected chi connectivity index (χ3v) is 1.86. The van der Waals surface area contributed by atoms with Crippen LogP contribution in [0.1, 0.15) is 40.0 Å². The van der Waals surface area contributed by atoms with Gasteiger partial charge in [-0.1, -0.05) is 32.9 Å². The van der Waals surface area contributed by atoms with E-state index in [2.05, 4.69) is 13.0 Å². The Kier molecular flexibility index (Phi) is 6.78. The molecule has 1 N–H and O–H groups in total. The zero-order valence-corrected chi connectivity index (χ0v) is 8.43. The highest BCUT2D eigenvalue weighted by atomic mass is 16.2. The molecule has 0 radical (unpaired) electrons. The fourth-order valence-corrected chi connectivity index (χ4v) is 1.24. The Morgan fingerprint density at radius 2 is 1.67 bits per heavy atom. The fourth-order valence-electron chi connectivity index (χ4n) is 1.24. The number of hydrogen-bond donors (Lipinski definition) is 1. The van der Waals surface area contributed by atoms with Crippen molar-refractivity contribution in [2.45, 2.75) is 40.0 Å². The molecule has 1 heteroatoms. The molecule has 0 spiro atoms. The van der Waals surface area contributed by atoms with E-state index in [4.69, 9.17) is 5.11 Å². The van der Waals surface area contributed by atoms with Gasteiger partial charge in [-0.2, -0.15) is 0 Å². The van der Waals surface area contributed by atoms with E-state index in [1.54, 1.807) is 0 Å². The second-order valence-corrected chi connectivity index (χ2v) is 2.55. The largest absolute Gasteiger partial charge is 0.392 e. The average molecular weight is 168 g/mol. The van der Waals surface area contributed by atoms with Crippen molar-refractivity contribution in [3.8, 4) is 0 Å². The summed E-state index contributed by atoms with van der Waals surface area (Å²) in [4.78, 5) is 0. The van der Waals surface area contributed by atoms with Crippen LogP contribution in [-0.4, -0.2) is 11.7 Å². The van der Waals surface area contributed by atoms with Crippen molar-refractivity contribution in [1.82, 2.24) is 0 Å². The molecule has 0 bridgehead atoms. The summed E-state index contributed by atoms with van der Waals surface area (Å²) in [6, 6.07) is 0. The molecule has 0 atom stereocenters. The lowest BCUT2D eigenvalue weighted by Gasteiger charge is -2.21. The predicted molar refractivity (Wildman–Crippen MR) is 54.1 cm³/mol. The molecule has 70 valence electrons. The van der Waals surface area contributed by atoms with Crippen LogP contribution in [0.25, 0.3) is 0 Å². The van der Waals surface area contributed by atoms with Crippen LogP contribution in [0.5, 0.6) is 0 Å². The van der Waals surface area contributed by atoms with E-state index < -0.39 is 0 Å². The maximum Gasteiger partial charge on any atom is 0.0618 e. The average Bonchev–Trinajstić information content (AvgIpc) is 2.12. The highest BCUT2D eigenvalue weighted by molar-refractivity contribution is 5.39. The van der Waals surface area contributed by atoms with Crippen LogP contribution >= 0.6 is 0 Å². The lowest BCUT2D eigenvalue weighted by molar-refractivity contribution is 0.341. The number of allylic oxidation sites excluding steroid dienone is 3. The molecule has 0 aliphatic heterocycles. The SMILES string of the molecule is CC.CC/C=C1/CC/C1=C/CO. The Morgan fingerprint density at radius 1 is 1.17 bits per heavy atom. The van der Waals surface area contributed by atoms with Crippen molar-refractivity contribution < 1.29 is 5.11 Å². The minimum Gasteiger partial charge on any atom is -0.392 e. The summed E-state index contributed by atoms with van der Waals surface area (Å²) in [6.45, 7) is 6.33. The molecule has 0 aromatic carbocycles. The zero-order valence-electron chi connectivity index (χ0n) is 8.43. The van der Waals surface area contributed by atoms with Crippen molar-refractivity contribution in [3.05, 3.63) is 23.3 Å². The molecule has 12 heavy (non-hydrogen) atoms. The first-order valence-electron chi connectivity index (χ1n) is 4.87. The van der Waals surface area contributed by atoms with Crippen LogP contribution in [0.4, 0.5) is 0 Å². The van der Waals surface area contributed by atoms with Gasteiger partial charge in [0.05, 0.1) is 6.61 Å². The van der Waals surface area contributed by atoms with Crippen molar-refractivity contribution in [2.75, 3.05) is 6.61 Å². The van der Waals surface area contributed by atoms with Gasteiger partial charge in [-0.05, 0) is 30.4 Å². The van der Waals surface area contributed by atoms with E-state index in [-0.39, 0.29) is 6.61 Å². The Labute approximate surface area is 75.8 Å². The lowest BCUT2D eigenvalue weighted by atomic mass is 9.85. The molecule has 1 nitrogen and oxygen atoms in total. The smallest absolute Gasteiger partial charge is 0.0618 e. The number of rotatable bonds is 2. The lowest BCUT2D eigenvalue weighted by Crippen LogP contribution is -2.03. The first kappa shape index (κ1) is 11.4. The molecule has 0 aromatic rings. The summed E-state index contributed by atoms with van der Waals surface area (Å²) >= 11 is 0. The molecular weight excluding hydrogens is 148 g/mol. The van der Waals surface area contributed by atoms with Crippen LogP contribution < -0.4 is 0 Å². The maximum atomic E-state index is 8.58. The summed E-state index contributed by atoms with van der Waals surface area (Å²) in [5.74, 6) is 0. The van der Waals surface area contributed by atoms with E-state index in [0.29, 0.717) is 0 Å². The molecule has 1 rings (SSSR count). The van der Waals surface area contributed by atoms with Gasteiger partial charge >= 0.3 is 0 Å². The molecule has 0 saturated heterocycles. The van der Waals surface area contributed by atoms with E-state index in [1.807, 2.05) is 19.9 Å². The Morgan fingerprint density at radius 3 is 2.00 bits per heavy atom. The second kappa shape index (κ2) is 7.11. The molecule has 0 aromatic heterocycles. The van der Waals surface area contributed by atoms with Crippen LogP contribution in [0, 0.1) is 0 Å². The van der Waals surface area contributed by atoms with Gasteiger partial charge in [0.2, 0.25) is 0 Å². The number of hydrogen-bond acceptors (Lipinski definition) is 1. The Hall–Kier alpha value is -0.560. The summed E-state index contributed by atoms with van der Waals surface area (Å²) in [5, 5.41) is 8.58. The van der Waals surface area contributed by atoms with Crippen molar-refractivity contribution >= 4 is 0 Å². The summed E-state index contributed by atoms with van der Waals surface area (Å²) in [5.41, 5.74) is 2.79. The van der Waals surface area contributed by atoms with E-state index in [0.717, 1.165) is 12.8 Å². The maximum absolute atomic E-state index is 8.58. The van der Waals surface area contributed by atoms with Gasteiger partial charge in [-0.25, -0.2) is 0 Å². The predicted octanol–water partition coefficient (Wildman–Crippen LogP) is 3.06. The van der Waals surface area contributed by atoms with Gasteiger partial charge in [0.1, 0.15) is 0 Å². The minimum absolute atomic E-state index is 0.191. The molecule has 0 amide bonds. The topological polar surface area (TPSA) is 20.2 Å². The molecule has 1 saturated carbocycles. The van der Waals surface area contributed by atoms with E-state index in [1.165, 1.54) is 17.6 Å². The summed E-state index contributed by atoms with van der Waals surface area (Å²) in [7, 11) is 0. The molecule has 1 fully saturated rings. The first-order chi connectivity index (χ1) is 5.88. The molecule has 0 heterocycles. The highest BCUT2D eigenvalue weighted by Crippen LogP contribution is 2.32. The standard InChI is InChI=1S/C9H14O.C2H6/c1-2-3-8-4-5-9(8)6-7-10;1-2/h3,6,10H,2,4-5,7H2,1H3;1-2H3/b8-3-,9-6-;. The normalized spacial score (nSPS) is 21.7. The Balaban J connectivity index is 0.000000561. The van der Waals surface area contributed by atoms with Crippen molar-refractivity contribution in [3.63, 3.8) is 0 Å². The molecule has 1 aliphatic carbocycles. The van der Waals surface area contributed by atoms with Gasteiger partial charge in [-0.15, -0.1) is 0 Å². The molecule has 0 unspecified atom stereocenters. The van der Waals surface area contributed by atoms with Crippen molar-refractivity contribution in [2.24, 2.45) is 0 Å². The third-order valence-electron chi connectivity index (χ3n) is 1.86.